The van der Waals surface area contributed by atoms with Crippen molar-refractivity contribution in [2.75, 3.05) is 0 Å². The molecule has 0 spiro atoms. The molecule has 0 radical (unpaired) electrons. The minimum absolute atomic E-state index is 0.246. The van der Waals surface area contributed by atoms with Crippen LogP contribution in [-0.2, 0) is 4.79 Å². The van der Waals surface area contributed by atoms with Gasteiger partial charge in [0.1, 0.15) is 0 Å². The number of hydrogen-bond acceptors (Lipinski definition) is 1. The zero-order valence-electron chi connectivity index (χ0n) is 10.8. The Balaban J connectivity index is 2.10. The van der Waals surface area contributed by atoms with Crippen molar-refractivity contribution in [1.82, 2.24) is 0 Å². The summed E-state index contributed by atoms with van der Waals surface area (Å²) in [6, 6.07) is 0. The van der Waals surface area contributed by atoms with Crippen molar-refractivity contribution in [3.05, 3.63) is 11.6 Å². The molecule has 1 nitrogen and oxygen atoms in total. The molecule has 2 fully saturated rings. The molecular formula is C15H22O. The molecule has 16 heavy (non-hydrogen) atoms. The second-order valence-electron chi connectivity index (χ2n) is 6.92. The van der Waals surface area contributed by atoms with E-state index in [1.54, 1.807) is 0 Å². The average Bonchev–Trinajstić information content (AvgIpc) is 2.77. The van der Waals surface area contributed by atoms with Crippen LogP contribution in [0.2, 0.25) is 0 Å². The van der Waals surface area contributed by atoms with Crippen molar-refractivity contribution in [2.24, 2.45) is 28.6 Å². The molecule has 3 aliphatic carbocycles. The Kier molecular flexibility index (Phi) is 1.85. The third kappa shape index (κ3) is 1.00. The van der Waals surface area contributed by atoms with E-state index >= 15 is 0 Å². The molecule has 0 unspecified atom stereocenters. The molecule has 2 saturated carbocycles. The average molecular weight is 218 g/mol. The van der Waals surface area contributed by atoms with Crippen LogP contribution in [-0.4, -0.2) is 5.78 Å². The summed E-state index contributed by atoms with van der Waals surface area (Å²) in [7, 11) is 0. The van der Waals surface area contributed by atoms with Gasteiger partial charge in [-0.15, -0.1) is 0 Å². The lowest BCUT2D eigenvalue weighted by molar-refractivity contribution is -0.117. The number of carbonyl (C=O) groups is 1. The first-order chi connectivity index (χ1) is 7.40. The normalized spacial score (nSPS) is 49.1. The van der Waals surface area contributed by atoms with E-state index in [0.717, 1.165) is 12.3 Å². The summed E-state index contributed by atoms with van der Waals surface area (Å²) in [4.78, 5) is 12.1. The summed E-state index contributed by atoms with van der Waals surface area (Å²) < 4.78 is 0. The molecule has 3 aliphatic rings. The van der Waals surface area contributed by atoms with Crippen LogP contribution in [0.15, 0.2) is 11.6 Å². The van der Waals surface area contributed by atoms with Gasteiger partial charge in [0.05, 0.1) is 0 Å². The molecule has 0 heterocycles. The van der Waals surface area contributed by atoms with Crippen LogP contribution in [0.1, 0.15) is 47.0 Å². The van der Waals surface area contributed by atoms with Crippen molar-refractivity contribution in [1.29, 1.82) is 0 Å². The van der Waals surface area contributed by atoms with Crippen LogP contribution in [0.5, 0.6) is 0 Å². The Morgan fingerprint density at radius 2 is 2.00 bits per heavy atom. The van der Waals surface area contributed by atoms with E-state index in [1.165, 1.54) is 18.4 Å². The van der Waals surface area contributed by atoms with Gasteiger partial charge in [0.25, 0.3) is 0 Å². The molecule has 0 bridgehead atoms. The standard InChI is InChI=1S/C15H22O/c1-9-6-5-7-10-8-11(16)12-13(14(12,2)3)15(9,10)4/h8-9,12-13H,5-7H2,1-4H3/t9-,12+,13-,15+/m1/s1. The number of carbonyl (C=O) groups excluding carboxylic acids is 1. The summed E-state index contributed by atoms with van der Waals surface area (Å²) in [5.74, 6) is 2.09. The van der Waals surface area contributed by atoms with Crippen molar-refractivity contribution in [2.45, 2.75) is 47.0 Å². The zero-order valence-corrected chi connectivity index (χ0v) is 10.8. The monoisotopic (exact) mass is 218 g/mol. The lowest BCUT2D eigenvalue weighted by atomic mass is 9.59. The molecule has 0 saturated heterocycles. The highest BCUT2D eigenvalue weighted by atomic mass is 16.1. The quantitative estimate of drug-likeness (QED) is 0.607. The van der Waals surface area contributed by atoms with Gasteiger partial charge < -0.3 is 0 Å². The van der Waals surface area contributed by atoms with Crippen LogP contribution in [0.25, 0.3) is 0 Å². The Labute approximate surface area is 98.3 Å². The van der Waals surface area contributed by atoms with Gasteiger partial charge in [0, 0.05) is 5.92 Å². The van der Waals surface area contributed by atoms with E-state index < -0.39 is 0 Å². The van der Waals surface area contributed by atoms with Crippen molar-refractivity contribution >= 4 is 5.78 Å². The van der Waals surface area contributed by atoms with Crippen LogP contribution in [0.3, 0.4) is 0 Å². The van der Waals surface area contributed by atoms with E-state index in [1.807, 2.05) is 6.08 Å². The van der Waals surface area contributed by atoms with Gasteiger partial charge in [-0.3, -0.25) is 4.79 Å². The highest BCUT2D eigenvalue weighted by Crippen LogP contribution is 2.73. The van der Waals surface area contributed by atoms with E-state index in [2.05, 4.69) is 27.7 Å². The molecule has 1 heteroatoms. The molecule has 0 aromatic rings. The topological polar surface area (TPSA) is 17.1 Å². The highest BCUT2D eigenvalue weighted by Gasteiger charge is 2.71. The number of ketones is 1. The molecule has 0 amide bonds. The second kappa shape index (κ2) is 2.80. The maximum atomic E-state index is 12.1. The van der Waals surface area contributed by atoms with Gasteiger partial charge >= 0.3 is 0 Å². The maximum absolute atomic E-state index is 12.1. The van der Waals surface area contributed by atoms with Crippen molar-refractivity contribution in [3.63, 3.8) is 0 Å². The largest absolute Gasteiger partial charge is 0.295 e. The molecule has 0 N–H and O–H groups in total. The molecule has 3 rings (SSSR count). The molecule has 4 atom stereocenters. The summed E-state index contributed by atoms with van der Waals surface area (Å²) in [6.45, 7) is 9.36. The van der Waals surface area contributed by atoms with Gasteiger partial charge in [-0.2, -0.15) is 0 Å². The van der Waals surface area contributed by atoms with E-state index in [4.69, 9.17) is 0 Å². The third-order valence-electron chi connectivity index (χ3n) is 5.90. The fraction of sp³-hybridized carbons (Fsp3) is 0.800. The Morgan fingerprint density at radius 1 is 1.31 bits per heavy atom. The summed E-state index contributed by atoms with van der Waals surface area (Å²) in [5, 5.41) is 0. The first-order valence-electron chi connectivity index (χ1n) is 6.65. The third-order valence-corrected chi connectivity index (χ3v) is 5.90. The Hall–Kier alpha value is -0.590. The first kappa shape index (κ1) is 10.6. The maximum Gasteiger partial charge on any atom is 0.159 e. The minimum Gasteiger partial charge on any atom is -0.295 e. The van der Waals surface area contributed by atoms with Crippen LogP contribution >= 0.6 is 0 Å². The summed E-state index contributed by atoms with van der Waals surface area (Å²) in [6.07, 6.45) is 5.77. The lowest BCUT2D eigenvalue weighted by Crippen LogP contribution is -2.38. The molecular weight excluding hydrogens is 196 g/mol. The SMILES string of the molecule is C[C@@H]1CCCC2=CC(=O)[C@H]3[C@H](C3(C)C)[C@]21C. The number of rotatable bonds is 0. The highest BCUT2D eigenvalue weighted by molar-refractivity contribution is 5.97. The zero-order chi connectivity index (χ0) is 11.7. The number of hydrogen-bond donors (Lipinski definition) is 0. The van der Waals surface area contributed by atoms with Gasteiger partial charge in [0.2, 0.25) is 0 Å². The molecule has 0 aromatic carbocycles. The Morgan fingerprint density at radius 3 is 2.69 bits per heavy atom. The van der Waals surface area contributed by atoms with E-state index in [-0.39, 0.29) is 5.41 Å². The molecule has 0 aromatic heterocycles. The van der Waals surface area contributed by atoms with Gasteiger partial charge in [-0.05, 0) is 48.0 Å². The van der Waals surface area contributed by atoms with E-state index in [0.29, 0.717) is 23.0 Å². The van der Waals surface area contributed by atoms with Crippen LogP contribution in [0.4, 0.5) is 0 Å². The Bertz CT molecular complexity index is 390. The summed E-state index contributed by atoms with van der Waals surface area (Å²) >= 11 is 0. The lowest BCUT2D eigenvalue weighted by Gasteiger charge is -2.45. The second-order valence-corrected chi connectivity index (χ2v) is 6.92. The fourth-order valence-corrected chi connectivity index (χ4v) is 4.77. The van der Waals surface area contributed by atoms with Gasteiger partial charge in [-0.1, -0.05) is 33.3 Å². The minimum atomic E-state index is 0.246. The predicted octanol–water partition coefficient (Wildman–Crippen LogP) is 3.59. The predicted molar refractivity (Wildman–Crippen MR) is 65.0 cm³/mol. The smallest absolute Gasteiger partial charge is 0.159 e. The first-order valence-corrected chi connectivity index (χ1v) is 6.65. The number of allylic oxidation sites excluding steroid dienone is 2. The molecule has 0 aliphatic heterocycles. The van der Waals surface area contributed by atoms with Gasteiger partial charge in [0.15, 0.2) is 5.78 Å². The van der Waals surface area contributed by atoms with Crippen molar-refractivity contribution in [3.8, 4) is 0 Å². The molecule has 88 valence electrons. The van der Waals surface area contributed by atoms with Crippen molar-refractivity contribution < 1.29 is 4.79 Å². The van der Waals surface area contributed by atoms with Gasteiger partial charge in [-0.25, -0.2) is 0 Å². The van der Waals surface area contributed by atoms with Crippen LogP contribution in [0, 0.1) is 28.6 Å². The summed E-state index contributed by atoms with van der Waals surface area (Å²) in [5.41, 5.74) is 2.03. The number of fused-ring (bicyclic) bond motifs is 3. The van der Waals surface area contributed by atoms with Crippen LogP contribution < -0.4 is 0 Å². The van der Waals surface area contributed by atoms with E-state index in [9.17, 15) is 4.79 Å². The fourth-order valence-electron chi connectivity index (χ4n) is 4.77.